The first-order chi connectivity index (χ1) is 17.1. The van der Waals surface area contributed by atoms with Gasteiger partial charge in [0.05, 0.1) is 33.6 Å². The lowest BCUT2D eigenvalue weighted by Crippen LogP contribution is -2.45. The number of furan rings is 1. The van der Waals surface area contributed by atoms with Gasteiger partial charge in [-0.3, -0.25) is 4.72 Å². The Morgan fingerprint density at radius 1 is 0.892 bits per heavy atom. The van der Waals surface area contributed by atoms with E-state index in [2.05, 4.69) is 9.62 Å². The smallest absolute Gasteiger partial charge is 0.261 e. The van der Waals surface area contributed by atoms with Gasteiger partial charge in [0, 0.05) is 22.6 Å². The number of anilines is 2. The maximum absolute atomic E-state index is 12.7. The molecule has 1 aliphatic heterocycles. The van der Waals surface area contributed by atoms with Gasteiger partial charge in [-0.25, -0.2) is 16.8 Å². The van der Waals surface area contributed by atoms with Crippen molar-refractivity contribution in [3.05, 3.63) is 85.1 Å². The zero-order valence-electron chi connectivity index (χ0n) is 19.7. The minimum Gasteiger partial charge on any atom is -0.462 e. The van der Waals surface area contributed by atoms with Gasteiger partial charge in [0.15, 0.2) is 5.58 Å². The van der Waals surface area contributed by atoms with Crippen molar-refractivity contribution in [2.75, 3.05) is 16.2 Å². The average Bonchev–Trinajstić information content (AvgIpc) is 3.33. The first-order valence-corrected chi connectivity index (χ1v) is 15.1. The standard InChI is InChI=1S/C19H21N3O3S.C6H5ClO2S.ClH/c20-18-8-4-5-10-22(18)17-13-15(12-14-9-11-25-19(14)17)21-26(23,24)16-6-2-1-3-7-16;7-10(8,9)6-4-2-1-3-5-6;/h1-3,6-7,9,11-13,18,21H,4-5,8,10,20H2;1-5H;1H. The van der Waals surface area contributed by atoms with E-state index in [1.54, 1.807) is 66.9 Å². The van der Waals surface area contributed by atoms with Gasteiger partial charge in [-0.1, -0.05) is 36.4 Å². The zero-order valence-corrected chi connectivity index (χ0v) is 22.9. The van der Waals surface area contributed by atoms with Crippen LogP contribution in [0.4, 0.5) is 11.4 Å². The predicted octanol–water partition coefficient (Wildman–Crippen LogP) is 5.54. The van der Waals surface area contributed by atoms with Crippen LogP contribution in [0.1, 0.15) is 19.3 Å². The highest BCUT2D eigenvalue weighted by Gasteiger charge is 2.23. The van der Waals surface area contributed by atoms with E-state index in [0.717, 1.165) is 42.5 Å². The van der Waals surface area contributed by atoms with Gasteiger partial charge in [-0.05, 0) is 61.7 Å². The molecule has 12 heteroatoms. The molecule has 0 saturated carbocycles. The van der Waals surface area contributed by atoms with Crippen molar-refractivity contribution < 1.29 is 21.3 Å². The molecule has 1 aliphatic rings. The Balaban J connectivity index is 0.000000293. The number of nitrogens with two attached hydrogens (primary N) is 1. The van der Waals surface area contributed by atoms with E-state index in [9.17, 15) is 16.8 Å². The number of hydrogen-bond acceptors (Lipinski definition) is 7. The quantitative estimate of drug-likeness (QED) is 0.295. The number of piperidine rings is 1. The average molecular weight is 585 g/mol. The molecule has 1 unspecified atom stereocenters. The second-order valence-corrected chi connectivity index (χ2v) is 12.5. The van der Waals surface area contributed by atoms with Crippen LogP contribution in [-0.2, 0) is 19.1 Å². The Morgan fingerprint density at radius 2 is 1.51 bits per heavy atom. The van der Waals surface area contributed by atoms with Crippen molar-refractivity contribution in [2.24, 2.45) is 5.73 Å². The zero-order chi connectivity index (χ0) is 25.8. The van der Waals surface area contributed by atoms with Crippen molar-refractivity contribution in [1.29, 1.82) is 0 Å². The van der Waals surface area contributed by atoms with Crippen LogP contribution in [0.3, 0.4) is 0 Å². The molecule has 4 aromatic rings. The monoisotopic (exact) mass is 583 g/mol. The molecule has 0 bridgehead atoms. The van der Waals surface area contributed by atoms with E-state index in [0.29, 0.717) is 5.69 Å². The number of benzene rings is 3. The molecule has 0 spiro atoms. The molecule has 5 rings (SSSR count). The maximum atomic E-state index is 12.7. The third-order valence-electron chi connectivity index (χ3n) is 5.72. The summed E-state index contributed by atoms with van der Waals surface area (Å²) in [7, 11) is -2.16. The summed E-state index contributed by atoms with van der Waals surface area (Å²) in [6, 6.07) is 21.6. The number of nitrogens with zero attached hydrogens (tertiary/aromatic N) is 1. The summed E-state index contributed by atoms with van der Waals surface area (Å²) in [6.45, 7) is 0.825. The topological polar surface area (TPSA) is 123 Å². The van der Waals surface area contributed by atoms with E-state index in [4.69, 9.17) is 20.8 Å². The molecule has 1 fully saturated rings. The largest absolute Gasteiger partial charge is 0.462 e. The second kappa shape index (κ2) is 12.2. The van der Waals surface area contributed by atoms with Gasteiger partial charge >= 0.3 is 0 Å². The van der Waals surface area contributed by atoms with E-state index in [1.807, 2.05) is 6.07 Å². The highest BCUT2D eigenvalue weighted by atomic mass is 35.7. The number of fused-ring (bicyclic) bond motifs is 1. The maximum Gasteiger partial charge on any atom is 0.261 e. The summed E-state index contributed by atoms with van der Waals surface area (Å²) < 4.78 is 54.8. The Labute approximate surface area is 227 Å². The number of sulfonamides is 1. The minimum absolute atomic E-state index is 0. The molecule has 1 atom stereocenters. The Morgan fingerprint density at radius 3 is 2.08 bits per heavy atom. The summed E-state index contributed by atoms with van der Waals surface area (Å²) in [5.41, 5.74) is 8.33. The predicted molar refractivity (Wildman–Crippen MR) is 149 cm³/mol. The van der Waals surface area contributed by atoms with E-state index >= 15 is 0 Å². The van der Waals surface area contributed by atoms with Crippen LogP contribution in [0.15, 0.2) is 99.3 Å². The van der Waals surface area contributed by atoms with Gasteiger partial charge in [0.1, 0.15) is 0 Å². The van der Waals surface area contributed by atoms with Gasteiger partial charge in [-0.2, -0.15) is 0 Å². The molecule has 1 saturated heterocycles. The lowest BCUT2D eigenvalue weighted by molar-refractivity contribution is 0.468. The minimum atomic E-state index is -3.66. The summed E-state index contributed by atoms with van der Waals surface area (Å²) in [6.07, 6.45) is 4.56. The van der Waals surface area contributed by atoms with Crippen molar-refractivity contribution in [1.82, 2.24) is 0 Å². The summed E-state index contributed by atoms with van der Waals surface area (Å²) in [5, 5.41) is 0.839. The Bertz CT molecular complexity index is 1530. The molecule has 0 aliphatic carbocycles. The van der Waals surface area contributed by atoms with Crippen LogP contribution in [-0.4, -0.2) is 29.5 Å². The molecule has 2 heterocycles. The first kappa shape index (κ1) is 28.8. The van der Waals surface area contributed by atoms with Gasteiger partial charge in [0.25, 0.3) is 19.1 Å². The van der Waals surface area contributed by atoms with E-state index < -0.39 is 19.1 Å². The van der Waals surface area contributed by atoms with Gasteiger partial charge < -0.3 is 15.1 Å². The fourth-order valence-corrected chi connectivity index (χ4v) is 5.84. The normalized spacial score (nSPS) is 15.8. The Kier molecular flexibility index (Phi) is 9.49. The highest BCUT2D eigenvalue weighted by Crippen LogP contribution is 2.35. The molecule has 3 aromatic carbocycles. The first-order valence-electron chi connectivity index (χ1n) is 11.3. The molecular weight excluding hydrogens is 557 g/mol. The molecule has 1 aromatic heterocycles. The van der Waals surface area contributed by atoms with Crippen molar-refractivity contribution in [3.8, 4) is 0 Å². The van der Waals surface area contributed by atoms with Crippen molar-refractivity contribution >= 4 is 64.5 Å². The molecule has 0 amide bonds. The SMILES string of the molecule is Cl.NC1CCCCN1c1cc(NS(=O)(=O)c2ccccc2)cc2ccoc12.O=S(=O)(Cl)c1ccccc1. The summed E-state index contributed by atoms with van der Waals surface area (Å²) >= 11 is 0. The van der Waals surface area contributed by atoms with Crippen LogP contribution in [0.25, 0.3) is 11.0 Å². The highest BCUT2D eigenvalue weighted by molar-refractivity contribution is 8.13. The third kappa shape index (κ3) is 7.18. The summed E-state index contributed by atoms with van der Waals surface area (Å²) in [5.74, 6) is 0. The van der Waals surface area contributed by atoms with E-state index in [1.165, 1.54) is 12.1 Å². The van der Waals surface area contributed by atoms with E-state index in [-0.39, 0.29) is 28.4 Å². The fraction of sp³-hybridized carbons (Fsp3) is 0.200. The Hall–Kier alpha value is -2.76. The lowest BCUT2D eigenvalue weighted by atomic mass is 10.1. The third-order valence-corrected chi connectivity index (χ3v) is 8.49. The summed E-state index contributed by atoms with van der Waals surface area (Å²) in [4.78, 5) is 2.45. The van der Waals surface area contributed by atoms with Crippen LogP contribution in [0.2, 0.25) is 0 Å². The van der Waals surface area contributed by atoms with Crippen LogP contribution in [0.5, 0.6) is 0 Å². The number of halogens is 2. The molecule has 37 heavy (non-hydrogen) atoms. The van der Waals surface area contributed by atoms with Gasteiger partial charge in [-0.15, -0.1) is 12.4 Å². The van der Waals surface area contributed by atoms with Crippen LogP contribution in [0, 0.1) is 0 Å². The number of hydrogen-bond donors (Lipinski definition) is 2. The number of rotatable bonds is 5. The molecular formula is C25H27Cl2N3O5S2. The van der Waals surface area contributed by atoms with Gasteiger partial charge in [0.2, 0.25) is 0 Å². The lowest BCUT2D eigenvalue weighted by Gasteiger charge is -2.35. The second-order valence-electron chi connectivity index (χ2n) is 8.26. The molecule has 8 nitrogen and oxygen atoms in total. The van der Waals surface area contributed by atoms with Crippen LogP contribution < -0.4 is 15.4 Å². The molecule has 198 valence electrons. The fourth-order valence-electron chi connectivity index (χ4n) is 3.99. The van der Waals surface area contributed by atoms with Crippen LogP contribution >= 0.6 is 23.1 Å². The van der Waals surface area contributed by atoms with Crippen molar-refractivity contribution in [3.63, 3.8) is 0 Å². The van der Waals surface area contributed by atoms with Crippen molar-refractivity contribution in [2.45, 2.75) is 35.2 Å². The number of nitrogens with one attached hydrogen (secondary N) is 1. The molecule has 0 radical (unpaired) electrons. The molecule has 3 N–H and O–H groups in total.